The third-order valence-electron chi connectivity index (χ3n) is 14.0. The molecule has 0 radical (unpaired) electrons. The predicted molar refractivity (Wildman–Crippen MR) is 284 cm³/mol. The number of fused-ring (bicyclic) bond motifs is 4. The Balaban J connectivity index is 1.08. The number of rotatable bonds is 8. The Labute approximate surface area is 389 Å². The molecule has 0 atom stereocenters. The van der Waals surface area contributed by atoms with E-state index in [0.29, 0.717) is 0 Å². The Kier molecular flexibility index (Phi) is 9.77. The van der Waals surface area contributed by atoms with Crippen LogP contribution < -0.4 is 46.9 Å². The highest BCUT2D eigenvalue weighted by atomic mass is 28.3. The maximum absolute atomic E-state index is 2.74. The zero-order chi connectivity index (χ0) is 44.2. The summed E-state index contributed by atoms with van der Waals surface area (Å²) >= 11 is 0. The number of hydrogen-bond acceptors (Lipinski definition) is 2. The predicted octanol–water partition coefficient (Wildman–Crippen LogP) is 11.1. The molecule has 2 nitrogen and oxygen atoms in total. The van der Waals surface area contributed by atoms with Gasteiger partial charge in [0.1, 0.15) is 0 Å². The summed E-state index contributed by atoms with van der Waals surface area (Å²) in [4.78, 5) is 5.08. The van der Waals surface area contributed by atoms with E-state index < -0.39 is 8.07 Å². The van der Waals surface area contributed by atoms with Crippen molar-refractivity contribution in [2.24, 2.45) is 0 Å². The van der Waals surface area contributed by atoms with Gasteiger partial charge in [-0.2, -0.15) is 0 Å². The molecule has 4 heteroatoms. The van der Waals surface area contributed by atoms with Gasteiger partial charge in [0.25, 0.3) is 6.71 Å². The summed E-state index contributed by atoms with van der Waals surface area (Å²) in [6.45, 7) is 4.60. The maximum atomic E-state index is 2.57. The van der Waals surface area contributed by atoms with Gasteiger partial charge in [0.2, 0.25) is 0 Å². The maximum Gasteiger partial charge on any atom is 0.252 e. The first-order valence-electron chi connectivity index (χ1n) is 23.0. The first kappa shape index (κ1) is 39.7. The van der Waals surface area contributed by atoms with Crippen LogP contribution in [0.3, 0.4) is 0 Å². The van der Waals surface area contributed by atoms with E-state index >= 15 is 0 Å². The molecular formula is C62H47BN2Si. The van der Waals surface area contributed by atoms with Crippen LogP contribution in [0.25, 0.3) is 22.3 Å². The van der Waals surface area contributed by atoms with Gasteiger partial charge < -0.3 is 9.80 Å². The number of anilines is 6. The van der Waals surface area contributed by atoms with Crippen LogP contribution in [0.1, 0.15) is 11.1 Å². The number of aryl methyl sites for hydroxylation is 2. The number of benzene rings is 10. The first-order valence-corrected chi connectivity index (χ1v) is 25.0. The third-order valence-corrected chi connectivity index (χ3v) is 18.7. The SMILES string of the molecule is Cc1cc2c3c(c1)N(c1ccc([Si](c4ccccc4)(c4ccccc4)c4ccccc4)cc1C)c1ccccc1B3c1cc(-c3ccccc3)ccc1N2c1ccc(-c2ccccc2)cc1. The van der Waals surface area contributed by atoms with Crippen molar-refractivity contribution >= 4 is 86.0 Å². The first-order chi connectivity index (χ1) is 32.6. The second-order valence-corrected chi connectivity index (χ2v) is 21.6. The van der Waals surface area contributed by atoms with Crippen LogP contribution in [0.4, 0.5) is 34.1 Å². The van der Waals surface area contributed by atoms with Crippen LogP contribution >= 0.6 is 0 Å². The molecule has 0 saturated heterocycles. The van der Waals surface area contributed by atoms with Crippen LogP contribution in [0.5, 0.6) is 0 Å². The molecule has 10 aromatic rings. The van der Waals surface area contributed by atoms with Crippen LogP contribution in [0.2, 0.25) is 0 Å². The monoisotopic (exact) mass is 858 g/mol. The molecule has 10 aromatic carbocycles. The fourth-order valence-electron chi connectivity index (χ4n) is 11.1. The Morgan fingerprint density at radius 1 is 0.318 bits per heavy atom. The Morgan fingerprint density at radius 3 is 1.35 bits per heavy atom. The van der Waals surface area contributed by atoms with Gasteiger partial charge >= 0.3 is 0 Å². The van der Waals surface area contributed by atoms with E-state index in [1.807, 2.05) is 0 Å². The second-order valence-electron chi connectivity index (χ2n) is 17.8. The van der Waals surface area contributed by atoms with Gasteiger partial charge in [-0.3, -0.25) is 0 Å². The summed E-state index contributed by atoms with van der Waals surface area (Å²) in [6, 6.07) is 92.8. The quantitative estimate of drug-likeness (QED) is 0.111. The van der Waals surface area contributed by atoms with Crippen molar-refractivity contribution in [2.75, 3.05) is 9.80 Å². The van der Waals surface area contributed by atoms with Gasteiger partial charge in [-0.1, -0.05) is 206 Å². The van der Waals surface area contributed by atoms with E-state index in [1.54, 1.807) is 0 Å². The van der Waals surface area contributed by atoms with Gasteiger partial charge in [-0.05, 0) is 127 Å². The zero-order valence-electron chi connectivity index (χ0n) is 37.1. The van der Waals surface area contributed by atoms with Gasteiger partial charge in [0.15, 0.2) is 8.07 Å². The fourth-order valence-corrected chi connectivity index (χ4v) is 15.9. The van der Waals surface area contributed by atoms with Gasteiger partial charge in [-0.25, -0.2) is 0 Å². The highest BCUT2D eigenvalue weighted by Crippen LogP contribution is 2.45. The van der Waals surface area contributed by atoms with E-state index in [0.717, 1.165) is 5.69 Å². The number of para-hydroxylation sites is 1. The van der Waals surface area contributed by atoms with Crippen LogP contribution in [-0.4, -0.2) is 14.8 Å². The molecule has 0 fully saturated rings. The van der Waals surface area contributed by atoms with E-state index in [-0.39, 0.29) is 6.71 Å². The average Bonchev–Trinajstić information content (AvgIpc) is 3.38. The van der Waals surface area contributed by atoms with Crippen molar-refractivity contribution in [1.29, 1.82) is 0 Å². The molecule has 2 aliphatic rings. The molecule has 12 rings (SSSR count). The topological polar surface area (TPSA) is 6.48 Å². The lowest BCUT2D eigenvalue weighted by Gasteiger charge is -2.45. The van der Waals surface area contributed by atoms with E-state index in [4.69, 9.17) is 0 Å². The fraction of sp³-hybridized carbons (Fsp3) is 0.0323. The van der Waals surface area contributed by atoms with Crippen molar-refractivity contribution in [2.45, 2.75) is 13.8 Å². The van der Waals surface area contributed by atoms with E-state index in [9.17, 15) is 0 Å². The minimum absolute atomic E-state index is 0.0235. The Hall–Kier alpha value is -7.92. The molecule has 0 aromatic heterocycles. The number of nitrogens with zero attached hydrogens (tertiary/aromatic N) is 2. The van der Waals surface area contributed by atoms with Crippen molar-refractivity contribution in [3.8, 4) is 22.3 Å². The minimum Gasteiger partial charge on any atom is -0.311 e. The summed E-state index contributed by atoms with van der Waals surface area (Å²) in [6.07, 6.45) is 0. The molecule has 0 spiro atoms. The summed E-state index contributed by atoms with van der Waals surface area (Å²) in [5, 5.41) is 5.49. The molecule has 0 saturated carbocycles. The van der Waals surface area contributed by atoms with Gasteiger partial charge in [-0.15, -0.1) is 0 Å². The highest BCUT2D eigenvalue weighted by Gasteiger charge is 2.45. The number of hydrogen-bond donors (Lipinski definition) is 0. The molecule has 66 heavy (non-hydrogen) atoms. The lowest BCUT2D eigenvalue weighted by Crippen LogP contribution is -2.74. The standard InChI is InChI=1S/C62H47BN2Si/c1-44-40-60-62-61(41-44)65(57-39-37-54(42-45(57)2)66(51-24-12-5-13-25-51,52-26-14-6-15-27-52)53-28-16-7-17-29-53)58-31-19-18-30-55(58)63(62)56-43-49(47-22-10-4-11-23-47)34-38-59(56)64(60)50-35-32-48(33-36-50)46-20-8-3-9-21-46/h3-43H,1-2H3. The lowest BCUT2D eigenvalue weighted by molar-refractivity contribution is 1.23. The normalized spacial score (nSPS) is 12.6. The molecule has 0 unspecified atom stereocenters. The summed E-state index contributed by atoms with van der Waals surface area (Å²) < 4.78 is 0. The second kappa shape index (κ2) is 16.3. The molecular weight excluding hydrogens is 812 g/mol. The van der Waals surface area contributed by atoms with Crippen LogP contribution in [0.15, 0.2) is 249 Å². The van der Waals surface area contributed by atoms with Gasteiger partial charge in [0.05, 0.1) is 0 Å². The smallest absolute Gasteiger partial charge is 0.252 e. The summed E-state index contributed by atoms with van der Waals surface area (Å²) in [5.41, 5.74) is 18.5. The summed E-state index contributed by atoms with van der Waals surface area (Å²) in [5.74, 6) is 0. The van der Waals surface area contributed by atoms with Crippen molar-refractivity contribution < 1.29 is 0 Å². The highest BCUT2D eigenvalue weighted by molar-refractivity contribution is 7.20. The summed E-state index contributed by atoms with van der Waals surface area (Å²) in [7, 11) is -2.74. The average molecular weight is 859 g/mol. The lowest BCUT2D eigenvalue weighted by atomic mass is 9.33. The van der Waals surface area contributed by atoms with Crippen molar-refractivity contribution in [3.05, 3.63) is 260 Å². The van der Waals surface area contributed by atoms with Gasteiger partial charge in [0, 0.05) is 34.1 Å². The zero-order valence-corrected chi connectivity index (χ0v) is 38.1. The third kappa shape index (κ3) is 6.40. The minimum atomic E-state index is -2.74. The van der Waals surface area contributed by atoms with Crippen LogP contribution in [-0.2, 0) is 0 Å². The molecule has 0 aliphatic carbocycles. The van der Waals surface area contributed by atoms with Crippen LogP contribution in [0, 0.1) is 13.8 Å². The molecule has 2 aliphatic heterocycles. The molecule has 312 valence electrons. The Morgan fingerprint density at radius 2 is 0.773 bits per heavy atom. The molecule has 0 bridgehead atoms. The van der Waals surface area contributed by atoms with Crippen molar-refractivity contribution in [3.63, 3.8) is 0 Å². The van der Waals surface area contributed by atoms with E-state index in [2.05, 4.69) is 272 Å². The molecule has 2 heterocycles. The van der Waals surface area contributed by atoms with Crippen molar-refractivity contribution in [1.82, 2.24) is 0 Å². The van der Waals surface area contributed by atoms with E-state index in [1.165, 1.54) is 99.0 Å². The molecule has 0 amide bonds. The largest absolute Gasteiger partial charge is 0.311 e. The molecule has 0 N–H and O–H groups in total. The Bertz CT molecular complexity index is 3280.